The van der Waals surface area contributed by atoms with Gasteiger partial charge >= 0.3 is 0 Å². The Hall–Kier alpha value is -1.44. The summed E-state index contributed by atoms with van der Waals surface area (Å²) < 4.78 is 25.7. The molecule has 1 atom stereocenters. The van der Waals surface area contributed by atoms with Crippen LogP contribution in [0.15, 0.2) is 30.3 Å². The molecule has 0 saturated heterocycles. The average Bonchev–Trinajstić information content (AvgIpc) is 2.60. The van der Waals surface area contributed by atoms with E-state index in [1.807, 2.05) is 19.1 Å². The van der Waals surface area contributed by atoms with Gasteiger partial charge < -0.3 is 9.47 Å². The fourth-order valence-corrected chi connectivity index (χ4v) is 5.02. The lowest BCUT2D eigenvalue weighted by Gasteiger charge is -2.35. The highest BCUT2D eigenvalue weighted by Crippen LogP contribution is 2.51. The fourth-order valence-electron chi connectivity index (χ4n) is 3.47. The maximum Gasteiger partial charge on any atom is 0.188 e. The van der Waals surface area contributed by atoms with Crippen LogP contribution in [0.1, 0.15) is 48.9 Å². The normalized spacial score (nSPS) is 12.1. The monoisotopic (exact) mass is 376 g/mol. The summed E-state index contributed by atoms with van der Waals surface area (Å²) in [6.45, 7) is 10.7. The summed E-state index contributed by atoms with van der Waals surface area (Å²) in [4.78, 5) is 0. The van der Waals surface area contributed by atoms with E-state index in [2.05, 4.69) is 39.8 Å². The summed E-state index contributed by atoms with van der Waals surface area (Å²) >= 11 is 0. The van der Waals surface area contributed by atoms with Crippen molar-refractivity contribution < 1.29 is 13.9 Å². The van der Waals surface area contributed by atoms with Crippen LogP contribution in [0.5, 0.6) is 5.75 Å². The van der Waals surface area contributed by atoms with Crippen LogP contribution < -0.4 is 10.0 Å². The zero-order valence-electron chi connectivity index (χ0n) is 16.7. The molecule has 0 aliphatic heterocycles. The van der Waals surface area contributed by atoms with E-state index in [0.717, 1.165) is 40.6 Å². The molecule has 142 valence electrons. The first kappa shape index (κ1) is 20.9. The molecule has 0 spiro atoms. The minimum Gasteiger partial charge on any atom is -0.467 e. The van der Waals surface area contributed by atoms with E-state index in [1.54, 1.807) is 13.2 Å². The van der Waals surface area contributed by atoms with E-state index in [9.17, 15) is 4.39 Å². The lowest BCUT2D eigenvalue weighted by Crippen LogP contribution is -2.24. The molecule has 0 radical (unpaired) electrons. The van der Waals surface area contributed by atoms with E-state index >= 15 is 0 Å². The molecular weight excluding hydrogens is 346 g/mol. The number of halogens is 1. The molecule has 0 aliphatic carbocycles. The molecule has 2 nitrogen and oxygen atoms in total. The number of methoxy groups -OCH3 is 1. The van der Waals surface area contributed by atoms with Crippen LogP contribution in [-0.2, 0) is 9.89 Å². The van der Waals surface area contributed by atoms with Crippen LogP contribution in [0.25, 0.3) is 0 Å². The lowest BCUT2D eigenvalue weighted by atomic mass is 9.89. The smallest absolute Gasteiger partial charge is 0.188 e. The van der Waals surface area contributed by atoms with E-state index in [-0.39, 0.29) is 17.8 Å². The van der Waals surface area contributed by atoms with Crippen molar-refractivity contribution in [2.24, 2.45) is 0 Å². The lowest BCUT2D eigenvalue weighted by molar-refractivity contribution is 0.0494. The van der Waals surface area contributed by atoms with E-state index in [4.69, 9.17) is 9.47 Å². The fraction of sp³-hybridized carbons (Fsp3) is 0.455. The van der Waals surface area contributed by atoms with Gasteiger partial charge in [0.2, 0.25) is 0 Å². The van der Waals surface area contributed by atoms with Crippen LogP contribution in [0.4, 0.5) is 4.39 Å². The molecule has 0 heterocycles. The maximum atomic E-state index is 14.6. The molecule has 0 bridgehead atoms. The van der Waals surface area contributed by atoms with E-state index in [1.165, 1.54) is 5.56 Å². The molecule has 0 fully saturated rings. The highest BCUT2D eigenvalue weighted by atomic mass is 31.1. The molecule has 2 aromatic rings. The Labute approximate surface area is 158 Å². The Morgan fingerprint density at radius 3 is 2.27 bits per heavy atom. The van der Waals surface area contributed by atoms with Crippen molar-refractivity contribution in [1.82, 2.24) is 0 Å². The Kier molecular flexibility index (Phi) is 7.20. The number of hydrogen-bond acceptors (Lipinski definition) is 2. The van der Waals surface area contributed by atoms with Gasteiger partial charge in [-0.2, -0.15) is 0 Å². The summed E-state index contributed by atoms with van der Waals surface area (Å²) in [5.41, 5.74) is 4.40. The van der Waals surface area contributed by atoms with Gasteiger partial charge in [0.1, 0.15) is 11.6 Å². The molecular formula is C22H30FO2P. The molecule has 1 unspecified atom stereocenters. The zero-order valence-corrected chi connectivity index (χ0v) is 17.7. The summed E-state index contributed by atoms with van der Waals surface area (Å²) in [5, 5.41) is 0.631. The van der Waals surface area contributed by atoms with Gasteiger partial charge in [0, 0.05) is 23.1 Å². The molecule has 0 N–H and O–H groups in total. The van der Waals surface area contributed by atoms with Crippen LogP contribution in [-0.4, -0.2) is 13.9 Å². The first-order valence-electron chi connectivity index (χ1n) is 9.14. The van der Waals surface area contributed by atoms with E-state index in [0.29, 0.717) is 8.58 Å². The first-order valence-corrected chi connectivity index (χ1v) is 10.1. The third-order valence-corrected chi connectivity index (χ3v) is 7.09. The predicted octanol–water partition coefficient (Wildman–Crippen LogP) is 5.75. The number of hydrogen-bond donors (Lipinski definition) is 0. The topological polar surface area (TPSA) is 18.5 Å². The van der Waals surface area contributed by atoms with Crippen LogP contribution in [0.2, 0.25) is 0 Å². The maximum absolute atomic E-state index is 14.6. The van der Waals surface area contributed by atoms with Gasteiger partial charge in [-0.1, -0.05) is 52.3 Å². The molecule has 26 heavy (non-hydrogen) atoms. The SMILES string of the molecule is CCC(CC)(Pc1ccc(C)cc1F)c1cc(C)cc(C)c1OCOC. The number of rotatable bonds is 8. The standard InChI is InChI=1S/C22H30FO2P/c1-7-22(8-2,26-20-10-9-15(3)13-19(20)23)18-12-16(4)11-17(5)21(18)25-14-24-6/h9-13,26H,7-8,14H2,1-6H3. The van der Waals surface area contributed by atoms with Gasteiger partial charge in [-0.15, -0.1) is 0 Å². The first-order chi connectivity index (χ1) is 12.4. The molecule has 0 saturated carbocycles. The van der Waals surface area contributed by atoms with Gasteiger partial charge in [0.25, 0.3) is 0 Å². The molecule has 2 rings (SSSR count). The number of benzene rings is 2. The summed E-state index contributed by atoms with van der Waals surface area (Å²) in [5.74, 6) is 0.763. The summed E-state index contributed by atoms with van der Waals surface area (Å²) in [7, 11) is 1.96. The molecule has 0 amide bonds. The zero-order chi connectivity index (χ0) is 19.3. The summed E-state index contributed by atoms with van der Waals surface area (Å²) in [6, 6.07) is 9.87. The molecule has 0 aliphatic rings. The second-order valence-electron chi connectivity index (χ2n) is 6.91. The van der Waals surface area contributed by atoms with Crippen molar-refractivity contribution >= 4 is 13.9 Å². The number of aryl methyl sites for hydroxylation is 3. The quantitative estimate of drug-likeness (QED) is 0.431. The largest absolute Gasteiger partial charge is 0.467 e. The molecule has 0 aromatic heterocycles. The Morgan fingerprint density at radius 1 is 1.00 bits per heavy atom. The highest BCUT2D eigenvalue weighted by molar-refractivity contribution is 7.48. The highest BCUT2D eigenvalue weighted by Gasteiger charge is 2.33. The van der Waals surface area contributed by atoms with Gasteiger partial charge in [0.05, 0.1) is 0 Å². The third kappa shape index (κ3) is 4.45. The Bertz CT molecular complexity index is 754. The minimum atomic E-state index is -0.157. The summed E-state index contributed by atoms with van der Waals surface area (Å²) in [6.07, 6.45) is 1.84. The van der Waals surface area contributed by atoms with Gasteiger partial charge in [0.15, 0.2) is 6.79 Å². The minimum absolute atomic E-state index is 0.113. The van der Waals surface area contributed by atoms with E-state index < -0.39 is 0 Å². The van der Waals surface area contributed by atoms with Crippen molar-refractivity contribution in [1.29, 1.82) is 0 Å². The van der Waals surface area contributed by atoms with Gasteiger partial charge in [-0.05, 0) is 50.8 Å². The predicted molar refractivity (Wildman–Crippen MR) is 110 cm³/mol. The van der Waals surface area contributed by atoms with Gasteiger partial charge in [-0.3, -0.25) is 0 Å². The molecule has 4 heteroatoms. The second kappa shape index (κ2) is 8.97. The van der Waals surface area contributed by atoms with Crippen LogP contribution >= 0.6 is 8.58 Å². The van der Waals surface area contributed by atoms with Crippen molar-refractivity contribution in [3.8, 4) is 5.75 Å². The van der Waals surface area contributed by atoms with Crippen molar-refractivity contribution in [3.05, 3.63) is 58.4 Å². The molecule has 2 aromatic carbocycles. The Morgan fingerprint density at radius 2 is 1.69 bits per heavy atom. The van der Waals surface area contributed by atoms with Gasteiger partial charge in [-0.25, -0.2) is 4.39 Å². The second-order valence-corrected chi connectivity index (χ2v) is 8.65. The van der Waals surface area contributed by atoms with Crippen molar-refractivity contribution in [2.45, 2.75) is 52.6 Å². The number of ether oxygens (including phenoxy) is 2. The van der Waals surface area contributed by atoms with Crippen LogP contribution in [0, 0.1) is 26.6 Å². The van der Waals surface area contributed by atoms with Crippen LogP contribution in [0.3, 0.4) is 0 Å². The van der Waals surface area contributed by atoms with Crippen molar-refractivity contribution in [3.63, 3.8) is 0 Å². The van der Waals surface area contributed by atoms with Crippen molar-refractivity contribution in [2.75, 3.05) is 13.9 Å². The average molecular weight is 376 g/mol. The Balaban J connectivity index is 2.57. The third-order valence-electron chi connectivity index (χ3n) is 4.96.